The highest BCUT2D eigenvalue weighted by Crippen LogP contribution is 2.20. The van der Waals surface area contributed by atoms with Crippen LogP contribution < -0.4 is 5.69 Å². The van der Waals surface area contributed by atoms with Gasteiger partial charge < -0.3 is 10.0 Å². The molecule has 1 saturated heterocycles. The molecule has 1 amide bonds. The summed E-state index contributed by atoms with van der Waals surface area (Å²) in [4.78, 5) is 26.4. The number of carbonyl (C=O) groups is 1. The highest BCUT2D eigenvalue weighted by molar-refractivity contribution is 5.76. The van der Waals surface area contributed by atoms with Gasteiger partial charge in [0.1, 0.15) is 12.4 Å². The number of aryl methyl sites for hydroxylation is 1. The summed E-state index contributed by atoms with van der Waals surface area (Å²) in [6.45, 7) is 3.37. The third-order valence-electron chi connectivity index (χ3n) is 4.59. The molecule has 1 fully saturated rings. The average Bonchev–Trinajstić information content (AvgIpc) is 2.65. The molecule has 7 heteroatoms. The third-order valence-corrected chi connectivity index (χ3v) is 4.59. The summed E-state index contributed by atoms with van der Waals surface area (Å²) in [5.74, 6) is 0.649. The first-order valence-electron chi connectivity index (χ1n) is 8.13. The van der Waals surface area contributed by atoms with Crippen molar-refractivity contribution in [3.63, 3.8) is 0 Å². The number of fused-ring (bicyclic) bond motifs is 1. The standard InChI is InChI=1S/C15H24N4O3/c1-15(22)7-5-8-17(11-15)13(20)10-19-14(21)18-9-4-2-3-6-12(18)16-19/h22H,2-11H2,1H3. The minimum atomic E-state index is -0.829. The van der Waals surface area contributed by atoms with Gasteiger partial charge in [-0.1, -0.05) is 6.42 Å². The number of rotatable bonds is 2. The van der Waals surface area contributed by atoms with E-state index in [4.69, 9.17) is 0 Å². The number of aromatic nitrogens is 3. The van der Waals surface area contributed by atoms with Gasteiger partial charge in [0.25, 0.3) is 0 Å². The fourth-order valence-electron chi connectivity index (χ4n) is 3.39. The van der Waals surface area contributed by atoms with Gasteiger partial charge in [0, 0.05) is 26.1 Å². The van der Waals surface area contributed by atoms with Crippen LogP contribution in [0.4, 0.5) is 0 Å². The molecule has 22 heavy (non-hydrogen) atoms. The molecule has 1 aromatic heterocycles. The number of carbonyl (C=O) groups excluding carboxylic acids is 1. The third kappa shape index (κ3) is 3.09. The Bertz CT molecular complexity index is 617. The average molecular weight is 308 g/mol. The molecule has 0 bridgehead atoms. The van der Waals surface area contributed by atoms with Crippen LogP contribution in [0.1, 0.15) is 44.9 Å². The SMILES string of the molecule is CC1(O)CCCN(C(=O)Cn2nc3n(c2=O)CCCCC3)C1. The second kappa shape index (κ2) is 5.87. The smallest absolute Gasteiger partial charge is 0.346 e. The summed E-state index contributed by atoms with van der Waals surface area (Å²) in [5.41, 5.74) is -1.02. The second-order valence-corrected chi connectivity index (χ2v) is 6.73. The van der Waals surface area contributed by atoms with E-state index in [0.29, 0.717) is 26.1 Å². The number of aliphatic hydroxyl groups is 1. The molecule has 0 saturated carbocycles. The maximum absolute atomic E-state index is 12.4. The lowest BCUT2D eigenvalue weighted by atomic mass is 9.95. The van der Waals surface area contributed by atoms with Crippen LogP contribution in [0.5, 0.6) is 0 Å². The number of hydrogen-bond acceptors (Lipinski definition) is 4. The van der Waals surface area contributed by atoms with Gasteiger partial charge in [0.15, 0.2) is 0 Å². The summed E-state index contributed by atoms with van der Waals surface area (Å²) >= 11 is 0. The van der Waals surface area contributed by atoms with Gasteiger partial charge in [-0.2, -0.15) is 5.10 Å². The zero-order valence-electron chi connectivity index (χ0n) is 13.1. The van der Waals surface area contributed by atoms with E-state index in [2.05, 4.69) is 5.10 Å². The van der Waals surface area contributed by atoms with Crippen LogP contribution in [-0.2, 0) is 24.3 Å². The van der Waals surface area contributed by atoms with Gasteiger partial charge in [-0.25, -0.2) is 9.48 Å². The molecular weight excluding hydrogens is 284 g/mol. The van der Waals surface area contributed by atoms with Crippen LogP contribution in [0.15, 0.2) is 4.79 Å². The van der Waals surface area contributed by atoms with E-state index in [-0.39, 0.29) is 18.1 Å². The molecule has 2 aliphatic rings. The molecule has 1 aromatic rings. The van der Waals surface area contributed by atoms with Crippen molar-refractivity contribution in [1.29, 1.82) is 0 Å². The molecule has 0 aliphatic carbocycles. The Hall–Kier alpha value is -1.63. The molecule has 122 valence electrons. The van der Waals surface area contributed by atoms with Crippen molar-refractivity contribution in [2.24, 2.45) is 0 Å². The van der Waals surface area contributed by atoms with Gasteiger partial charge in [-0.3, -0.25) is 9.36 Å². The van der Waals surface area contributed by atoms with Gasteiger partial charge in [-0.15, -0.1) is 0 Å². The Morgan fingerprint density at radius 1 is 1.27 bits per heavy atom. The first-order valence-corrected chi connectivity index (χ1v) is 8.13. The first-order chi connectivity index (χ1) is 10.5. The molecule has 1 unspecified atom stereocenters. The molecule has 3 heterocycles. The Morgan fingerprint density at radius 2 is 2.09 bits per heavy atom. The van der Waals surface area contributed by atoms with Gasteiger partial charge in [-0.05, 0) is 32.6 Å². The van der Waals surface area contributed by atoms with Crippen LogP contribution in [0.3, 0.4) is 0 Å². The van der Waals surface area contributed by atoms with Gasteiger partial charge in [0.05, 0.1) is 5.60 Å². The van der Waals surface area contributed by atoms with Crippen molar-refractivity contribution in [3.8, 4) is 0 Å². The fourth-order valence-corrected chi connectivity index (χ4v) is 3.39. The van der Waals surface area contributed by atoms with Crippen LogP contribution in [-0.4, -0.2) is 49.0 Å². The van der Waals surface area contributed by atoms with Crippen molar-refractivity contribution in [2.75, 3.05) is 13.1 Å². The largest absolute Gasteiger partial charge is 0.388 e. The van der Waals surface area contributed by atoms with E-state index >= 15 is 0 Å². The molecule has 2 aliphatic heterocycles. The quantitative estimate of drug-likeness (QED) is 0.843. The van der Waals surface area contributed by atoms with Gasteiger partial charge in [0.2, 0.25) is 5.91 Å². The summed E-state index contributed by atoms with van der Waals surface area (Å²) in [5, 5.41) is 14.4. The first kappa shape index (κ1) is 15.3. The number of nitrogens with zero attached hydrogens (tertiary/aromatic N) is 4. The number of hydrogen-bond donors (Lipinski definition) is 1. The molecule has 7 nitrogen and oxygen atoms in total. The van der Waals surface area contributed by atoms with Crippen LogP contribution in [0.2, 0.25) is 0 Å². The Kier molecular flexibility index (Phi) is 4.08. The van der Waals surface area contributed by atoms with E-state index in [9.17, 15) is 14.7 Å². The summed E-state index contributed by atoms with van der Waals surface area (Å²) < 4.78 is 2.99. The van der Waals surface area contributed by atoms with E-state index in [1.807, 2.05) is 0 Å². The second-order valence-electron chi connectivity index (χ2n) is 6.73. The van der Waals surface area contributed by atoms with Crippen molar-refractivity contribution in [3.05, 3.63) is 16.3 Å². The molecule has 3 rings (SSSR count). The summed E-state index contributed by atoms with van der Waals surface area (Å²) in [7, 11) is 0. The van der Waals surface area contributed by atoms with E-state index in [0.717, 1.165) is 37.9 Å². The number of amides is 1. The monoisotopic (exact) mass is 308 g/mol. The molecule has 0 aromatic carbocycles. The van der Waals surface area contributed by atoms with Crippen LogP contribution >= 0.6 is 0 Å². The molecule has 1 N–H and O–H groups in total. The predicted octanol–water partition coefficient (Wildman–Crippen LogP) is 0.145. The van der Waals surface area contributed by atoms with Crippen molar-refractivity contribution < 1.29 is 9.90 Å². The predicted molar refractivity (Wildman–Crippen MR) is 80.5 cm³/mol. The molecule has 0 radical (unpaired) electrons. The van der Waals surface area contributed by atoms with Gasteiger partial charge >= 0.3 is 5.69 Å². The minimum absolute atomic E-state index is 0.0328. The summed E-state index contributed by atoms with van der Waals surface area (Å²) in [6.07, 6.45) is 5.43. The maximum atomic E-state index is 12.4. The Balaban J connectivity index is 1.73. The van der Waals surface area contributed by atoms with E-state index in [1.54, 1.807) is 16.4 Å². The molecular formula is C15H24N4O3. The minimum Gasteiger partial charge on any atom is -0.388 e. The number of likely N-dealkylation sites (tertiary alicyclic amines) is 1. The number of β-amino-alcohol motifs (C(OH)–C–C–N with tert-alkyl or cyclic N) is 1. The zero-order chi connectivity index (χ0) is 15.7. The maximum Gasteiger partial charge on any atom is 0.346 e. The van der Waals surface area contributed by atoms with Crippen LogP contribution in [0.25, 0.3) is 0 Å². The zero-order valence-corrected chi connectivity index (χ0v) is 13.1. The Morgan fingerprint density at radius 3 is 2.86 bits per heavy atom. The molecule has 0 spiro atoms. The number of piperidine rings is 1. The van der Waals surface area contributed by atoms with Crippen molar-refractivity contribution in [1.82, 2.24) is 19.2 Å². The van der Waals surface area contributed by atoms with Crippen LogP contribution in [0, 0.1) is 0 Å². The fraction of sp³-hybridized carbons (Fsp3) is 0.800. The van der Waals surface area contributed by atoms with Crippen molar-refractivity contribution >= 4 is 5.91 Å². The summed E-state index contributed by atoms with van der Waals surface area (Å²) in [6, 6.07) is 0. The highest BCUT2D eigenvalue weighted by Gasteiger charge is 2.31. The lowest BCUT2D eigenvalue weighted by Crippen LogP contribution is -2.50. The van der Waals surface area contributed by atoms with E-state index in [1.165, 1.54) is 4.68 Å². The normalized spacial score (nSPS) is 25.6. The lowest BCUT2D eigenvalue weighted by molar-refractivity contribution is -0.138. The molecule has 1 atom stereocenters. The lowest BCUT2D eigenvalue weighted by Gasteiger charge is -2.36. The van der Waals surface area contributed by atoms with Crippen molar-refractivity contribution in [2.45, 2.75) is 64.1 Å². The Labute approximate surface area is 129 Å². The van der Waals surface area contributed by atoms with E-state index < -0.39 is 5.60 Å². The topological polar surface area (TPSA) is 80.4 Å². The highest BCUT2D eigenvalue weighted by atomic mass is 16.3.